The number of alkyl halides is 6. The summed E-state index contributed by atoms with van der Waals surface area (Å²) in [6, 6.07) is 0. The van der Waals surface area contributed by atoms with Crippen LogP contribution in [0.2, 0.25) is 0 Å². The number of aliphatic hydroxyl groups excluding tert-OH is 2. The van der Waals surface area contributed by atoms with Crippen LogP contribution in [-0.4, -0.2) is 50.9 Å². The molecule has 0 aromatic carbocycles. The summed E-state index contributed by atoms with van der Waals surface area (Å²) in [4.78, 5) is -0.898. The van der Waals surface area contributed by atoms with E-state index in [0.717, 1.165) is 0 Å². The molecule has 0 aliphatic rings. The summed E-state index contributed by atoms with van der Waals surface area (Å²) in [6.07, 6.45) is -14.3. The third-order valence-corrected chi connectivity index (χ3v) is 1.38. The Morgan fingerprint density at radius 2 is 1.11 bits per heavy atom. The maximum absolute atomic E-state index is 12.4. The maximum Gasteiger partial charge on any atom is 0.287 e. The van der Waals surface area contributed by atoms with Crippen molar-refractivity contribution in [1.29, 1.82) is 0 Å². The Morgan fingerprint density at radius 1 is 0.889 bits per heavy atom. The lowest BCUT2D eigenvalue weighted by Gasteiger charge is -2.27. The molecule has 0 fully saturated rings. The van der Waals surface area contributed by atoms with Crippen molar-refractivity contribution >= 4 is 34.8 Å². The van der Waals surface area contributed by atoms with Crippen LogP contribution in [-0.2, 0) is 0 Å². The van der Waals surface area contributed by atoms with Crippen LogP contribution >= 0.6 is 24.4 Å². The summed E-state index contributed by atoms with van der Waals surface area (Å²) < 4.78 is 71.5. The molecular weight excluding hydrogens is 310 g/mol. The van der Waals surface area contributed by atoms with Gasteiger partial charge < -0.3 is 15.9 Å². The smallest absolute Gasteiger partial charge is 0.287 e. The Morgan fingerprint density at radius 3 is 1.22 bits per heavy atom. The molecule has 0 aromatic rings. The minimum absolute atomic E-state index is 0.500. The van der Waals surface area contributed by atoms with Crippen LogP contribution in [0.25, 0.3) is 0 Å². The zero-order chi connectivity index (χ0) is 15.0. The van der Waals surface area contributed by atoms with E-state index in [9.17, 15) is 26.3 Å². The van der Waals surface area contributed by atoms with Gasteiger partial charge in [-0.25, -0.2) is 26.3 Å². The fraction of sp³-hybridized carbons (Fsp3) is 0.667. The molecule has 0 radical (unpaired) electrons. The van der Waals surface area contributed by atoms with Crippen molar-refractivity contribution in [1.82, 2.24) is 4.90 Å². The first-order valence-electron chi connectivity index (χ1n) is 3.86. The van der Waals surface area contributed by atoms with Gasteiger partial charge in [0.1, 0.15) is 0 Å². The lowest BCUT2D eigenvalue weighted by Crippen LogP contribution is -2.48. The van der Waals surface area contributed by atoms with Crippen LogP contribution in [0.1, 0.15) is 0 Å². The van der Waals surface area contributed by atoms with Crippen molar-refractivity contribution in [2.45, 2.75) is 25.4 Å². The second-order valence-corrected chi connectivity index (χ2v) is 3.23. The lowest BCUT2D eigenvalue weighted by atomic mass is 10.4. The Labute approximate surface area is 108 Å². The van der Waals surface area contributed by atoms with Crippen molar-refractivity contribution in [2.24, 2.45) is 5.73 Å². The van der Waals surface area contributed by atoms with E-state index < -0.39 is 40.7 Å². The van der Waals surface area contributed by atoms with E-state index in [1.165, 1.54) is 0 Å². The molecule has 0 heterocycles. The average molecular weight is 318 g/mol. The summed E-state index contributed by atoms with van der Waals surface area (Å²) in [5.41, 5.74) is 4.40. The van der Waals surface area contributed by atoms with Crippen LogP contribution in [0.3, 0.4) is 0 Å². The third-order valence-electron chi connectivity index (χ3n) is 1.17. The monoisotopic (exact) mass is 318 g/mol. The highest BCUT2D eigenvalue weighted by molar-refractivity contribution is 7.80. The minimum atomic E-state index is -3.75. The Kier molecular flexibility index (Phi) is 9.61. The number of nitrogens with zero attached hydrogens (tertiary/aromatic N) is 1. The van der Waals surface area contributed by atoms with E-state index in [-0.39, 0.29) is 0 Å². The average Bonchev–Trinajstić information content (AvgIpc) is 2.15. The first-order chi connectivity index (χ1) is 8.02. The van der Waals surface area contributed by atoms with Gasteiger partial charge in [-0.1, -0.05) is 0 Å². The van der Waals surface area contributed by atoms with Gasteiger partial charge in [0.05, 0.1) is 0 Å². The van der Waals surface area contributed by atoms with Gasteiger partial charge in [0.2, 0.25) is 12.6 Å². The molecule has 4 nitrogen and oxygen atoms in total. The standard InChI is InChI=1S/C5H5F6NOS.CH3NOS/c6-1(7)3(10)12(5(13)14)4(11)2(8)9;2-1(3)4/h1-4H,(H,13,14);(H3,2,3,4). The maximum atomic E-state index is 12.4. The number of thiocarbonyl (C=S) groups is 2. The van der Waals surface area contributed by atoms with Crippen LogP contribution in [0, 0.1) is 0 Å². The fourth-order valence-corrected chi connectivity index (χ4v) is 0.791. The SMILES string of the molecule is NC(O)=S.OC(=S)N(C(F)C(F)F)C(F)C(F)F. The van der Waals surface area contributed by atoms with Crippen molar-refractivity contribution in [3.05, 3.63) is 0 Å². The Bertz CT molecular complexity index is 265. The van der Waals surface area contributed by atoms with Gasteiger partial charge in [0.25, 0.3) is 23.2 Å². The number of hydrogen-bond donors (Lipinski definition) is 3. The van der Waals surface area contributed by atoms with Gasteiger partial charge in [-0.3, -0.25) is 4.90 Å². The highest BCUT2D eigenvalue weighted by atomic mass is 32.1. The van der Waals surface area contributed by atoms with Gasteiger partial charge in [0.15, 0.2) is 0 Å². The van der Waals surface area contributed by atoms with E-state index in [4.69, 9.17) is 10.2 Å². The predicted molar refractivity (Wildman–Crippen MR) is 58.3 cm³/mol. The molecule has 2 unspecified atom stereocenters. The number of hydrogen-bond acceptors (Lipinski definition) is 2. The quantitative estimate of drug-likeness (QED) is 0.419. The molecule has 0 aromatic heterocycles. The molecule has 0 saturated carbocycles. The molecule has 4 N–H and O–H groups in total. The van der Waals surface area contributed by atoms with Crippen molar-refractivity contribution < 1.29 is 36.6 Å². The minimum Gasteiger partial charge on any atom is -0.487 e. The largest absolute Gasteiger partial charge is 0.487 e. The van der Waals surface area contributed by atoms with E-state index in [1.807, 2.05) is 0 Å². The number of aliphatic hydroxyl groups is 2. The van der Waals surface area contributed by atoms with Crippen LogP contribution in [0.15, 0.2) is 0 Å². The Hall–Kier alpha value is -1.04. The molecule has 0 amide bonds. The lowest BCUT2D eigenvalue weighted by molar-refractivity contribution is -0.107. The van der Waals surface area contributed by atoms with Gasteiger partial charge in [-0.15, -0.1) is 0 Å². The van der Waals surface area contributed by atoms with E-state index in [0.29, 0.717) is 0 Å². The summed E-state index contributed by atoms with van der Waals surface area (Å²) >= 11 is 7.61. The van der Waals surface area contributed by atoms with E-state index in [1.54, 1.807) is 0 Å². The highest BCUT2D eigenvalue weighted by Gasteiger charge is 2.39. The first-order valence-corrected chi connectivity index (χ1v) is 4.68. The molecule has 0 saturated heterocycles. The summed E-state index contributed by atoms with van der Waals surface area (Å²) in [5, 5.41) is 13.7. The fourth-order valence-electron chi connectivity index (χ4n) is 0.590. The van der Waals surface area contributed by atoms with Crippen molar-refractivity contribution in [3.63, 3.8) is 0 Å². The second kappa shape index (κ2) is 8.97. The number of rotatable bonds is 4. The van der Waals surface area contributed by atoms with Gasteiger partial charge in [0, 0.05) is 0 Å². The summed E-state index contributed by atoms with van der Waals surface area (Å²) in [7, 11) is 0. The molecule has 0 spiro atoms. The molecule has 108 valence electrons. The summed E-state index contributed by atoms with van der Waals surface area (Å²) in [5.74, 6) is 0. The Balaban J connectivity index is 0. The molecule has 0 bridgehead atoms. The molecule has 2 atom stereocenters. The molecule has 12 heteroatoms. The first kappa shape index (κ1) is 19.3. The van der Waals surface area contributed by atoms with Gasteiger partial charge in [-0.05, 0) is 24.4 Å². The molecule has 0 aliphatic heterocycles. The van der Waals surface area contributed by atoms with Crippen LogP contribution in [0.4, 0.5) is 26.3 Å². The number of halogens is 6. The van der Waals surface area contributed by atoms with Crippen molar-refractivity contribution in [2.75, 3.05) is 0 Å². The zero-order valence-corrected chi connectivity index (χ0v) is 9.95. The third kappa shape index (κ3) is 8.11. The molecular formula is C6H8F6N2O2S2. The molecule has 0 rings (SSSR count). The highest BCUT2D eigenvalue weighted by Crippen LogP contribution is 2.20. The van der Waals surface area contributed by atoms with Gasteiger partial charge in [-0.2, -0.15) is 0 Å². The normalized spacial score (nSPS) is 13.6. The van der Waals surface area contributed by atoms with Crippen molar-refractivity contribution in [3.8, 4) is 0 Å². The summed E-state index contributed by atoms with van der Waals surface area (Å²) in [6.45, 7) is 0. The predicted octanol–water partition coefficient (Wildman–Crippen LogP) is 2.04. The topological polar surface area (TPSA) is 69.7 Å². The van der Waals surface area contributed by atoms with E-state index in [2.05, 4.69) is 30.2 Å². The molecule has 18 heavy (non-hydrogen) atoms. The van der Waals surface area contributed by atoms with Crippen LogP contribution in [0.5, 0.6) is 0 Å². The zero-order valence-electron chi connectivity index (χ0n) is 8.31. The molecule has 0 aliphatic carbocycles. The second-order valence-electron chi connectivity index (χ2n) is 2.44. The number of nitrogens with two attached hydrogens (primary N) is 1. The van der Waals surface area contributed by atoms with Gasteiger partial charge >= 0.3 is 0 Å². The van der Waals surface area contributed by atoms with Crippen LogP contribution < -0.4 is 5.73 Å². The van der Waals surface area contributed by atoms with E-state index >= 15 is 0 Å².